The maximum absolute atomic E-state index is 6.32. The number of ether oxygens (including phenoxy) is 1. The third-order valence-electron chi connectivity index (χ3n) is 4.86. The quantitative estimate of drug-likeness (QED) is 0.530. The minimum absolute atomic E-state index is 0.471. The van der Waals surface area contributed by atoms with Gasteiger partial charge in [0.05, 0.1) is 28.4 Å². The van der Waals surface area contributed by atoms with Crippen LogP contribution in [-0.2, 0) is 13.6 Å². The first-order valence-electron chi connectivity index (χ1n) is 9.03. The van der Waals surface area contributed by atoms with Crippen molar-refractivity contribution in [2.75, 3.05) is 11.9 Å². The molecule has 1 N–H and O–H groups in total. The lowest BCUT2D eigenvalue weighted by Gasteiger charge is -2.07. The summed E-state index contributed by atoms with van der Waals surface area (Å²) < 4.78 is 11.7. The predicted octanol–water partition coefficient (Wildman–Crippen LogP) is 3.15. The summed E-state index contributed by atoms with van der Waals surface area (Å²) in [5, 5.41) is 13.9. The number of hydrogen-bond acceptors (Lipinski definition) is 6. The highest BCUT2D eigenvalue weighted by Crippen LogP contribution is 2.33. The lowest BCUT2D eigenvalue weighted by molar-refractivity contribution is 0.291. The van der Waals surface area contributed by atoms with Crippen molar-refractivity contribution in [1.82, 2.24) is 34.1 Å². The summed E-state index contributed by atoms with van der Waals surface area (Å²) in [6.07, 6.45) is 4.43. The van der Waals surface area contributed by atoms with E-state index in [-0.39, 0.29) is 0 Å². The van der Waals surface area contributed by atoms with Crippen LogP contribution in [0.5, 0.6) is 5.88 Å². The van der Waals surface area contributed by atoms with Gasteiger partial charge in [-0.05, 0) is 20.3 Å². The lowest BCUT2D eigenvalue weighted by atomic mass is 10.3. The first-order chi connectivity index (χ1) is 13.5. The van der Waals surface area contributed by atoms with Crippen molar-refractivity contribution in [2.45, 2.75) is 26.8 Å². The van der Waals surface area contributed by atoms with Gasteiger partial charge in [0.25, 0.3) is 5.88 Å². The average molecular weight is 399 g/mol. The number of aromatic nitrogens is 7. The average Bonchev–Trinajstić information content (AvgIpc) is 3.26. The van der Waals surface area contributed by atoms with Crippen LogP contribution in [0.3, 0.4) is 0 Å². The maximum atomic E-state index is 6.32. The second kappa shape index (κ2) is 6.23. The Morgan fingerprint density at radius 1 is 1.25 bits per heavy atom. The van der Waals surface area contributed by atoms with E-state index in [1.807, 2.05) is 42.4 Å². The molecule has 9 nitrogen and oxygen atoms in total. The number of nitrogens with one attached hydrogen (secondary N) is 1. The molecule has 0 aliphatic carbocycles. The number of rotatable bonds is 1. The Labute approximate surface area is 165 Å². The molecule has 0 spiro atoms. The molecule has 0 saturated carbocycles. The van der Waals surface area contributed by atoms with Crippen LogP contribution in [0, 0.1) is 13.8 Å². The van der Waals surface area contributed by atoms with Crippen LogP contribution >= 0.6 is 11.6 Å². The molecule has 0 atom stereocenters. The van der Waals surface area contributed by atoms with E-state index in [1.54, 1.807) is 10.9 Å². The molecule has 144 valence electrons. The molecule has 0 radical (unpaired) electrons. The van der Waals surface area contributed by atoms with E-state index in [0.717, 1.165) is 46.9 Å². The van der Waals surface area contributed by atoms with E-state index in [9.17, 15) is 0 Å². The first kappa shape index (κ1) is 17.1. The number of halogens is 1. The van der Waals surface area contributed by atoms with Crippen LogP contribution in [0.15, 0.2) is 18.5 Å². The van der Waals surface area contributed by atoms with Crippen LogP contribution in [0.2, 0.25) is 5.02 Å². The van der Waals surface area contributed by atoms with E-state index in [0.29, 0.717) is 23.5 Å². The Hall–Kier alpha value is -3.07. The Morgan fingerprint density at radius 3 is 2.89 bits per heavy atom. The third kappa shape index (κ3) is 2.62. The second-order valence-electron chi connectivity index (χ2n) is 6.87. The zero-order valence-corrected chi connectivity index (χ0v) is 16.5. The van der Waals surface area contributed by atoms with Gasteiger partial charge < -0.3 is 14.6 Å². The van der Waals surface area contributed by atoms with Gasteiger partial charge >= 0.3 is 0 Å². The Morgan fingerprint density at radius 2 is 2.11 bits per heavy atom. The third-order valence-corrected chi connectivity index (χ3v) is 5.17. The van der Waals surface area contributed by atoms with Crippen molar-refractivity contribution >= 4 is 34.3 Å². The molecule has 1 aliphatic heterocycles. The molecule has 4 aromatic heterocycles. The molecule has 0 amide bonds. The summed E-state index contributed by atoms with van der Waals surface area (Å²) in [6.45, 7) is 5.20. The zero-order chi connectivity index (χ0) is 19.4. The first-order valence-corrected chi connectivity index (χ1v) is 9.41. The molecule has 0 aromatic carbocycles. The maximum Gasteiger partial charge on any atom is 0.257 e. The van der Waals surface area contributed by atoms with Gasteiger partial charge in [0, 0.05) is 32.1 Å². The van der Waals surface area contributed by atoms with E-state index in [2.05, 4.69) is 25.5 Å². The molecule has 0 saturated heterocycles. The van der Waals surface area contributed by atoms with Crippen molar-refractivity contribution in [3.05, 3.63) is 34.9 Å². The smallest absolute Gasteiger partial charge is 0.257 e. The van der Waals surface area contributed by atoms with Gasteiger partial charge in [-0.3, -0.25) is 4.68 Å². The van der Waals surface area contributed by atoms with Crippen molar-refractivity contribution in [3.8, 4) is 11.7 Å². The fourth-order valence-electron chi connectivity index (χ4n) is 3.51. The highest BCUT2D eigenvalue weighted by atomic mass is 35.5. The Kier molecular flexibility index (Phi) is 3.80. The van der Waals surface area contributed by atoms with Gasteiger partial charge in [-0.25, -0.2) is 9.67 Å². The van der Waals surface area contributed by atoms with Crippen LogP contribution < -0.4 is 10.1 Å². The van der Waals surface area contributed by atoms with Crippen molar-refractivity contribution in [1.29, 1.82) is 0 Å². The van der Waals surface area contributed by atoms with Crippen LogP contribution in [0.1, 0.15) is 17.8 Å². The standard InChI is InChI=1S/C18H19ClN8O/c1-10-7-14(25(3)23-10)27-11(2)15-17(24-27)28-6-4-5-26-9-13(19)12-8-20-18(21-15)22-16(12)26/h7-9H,4-6H2,1-3H3,(H,20,21,22). The van der Waals surface area contributed by atoms with Gasteiger partial charge in [0.1, 0.15) is 11.3 Å². The van der Waals surface area contributed by atoms with Crippen molar-refractivity contribution < 1.29 is 4.74 Å². The predicted molar refractivity (Wildman–Crippen MR) is 106 cm³/mol. The molecule has 4 aromatic rings. The summed E-state index contributed by atoms with van der Waals surface area (Å²) >= 11 is 6.32. The minimum atomic E-state index is 0.471. The van der Waals surface area contributed by atoms with E-state index < -0.39 is 0 Å². The molecular weight excluding hydrogens is 380 g/mol. The molecule has 5 rings (SSSR count). The van der Waals surface area contributed by atoms with E-state index in [4.69, 9.17) is 16.3 Å². The molecule has 10 heteroatoms. The molecule has 1 aliphatic rings. The number of aryl methyl sites for hydroxylation is 3. The fraction of sp³-hybridized carbons (Fsp3) is 0.333. The van der Waals surface area contributed by atoms with Crippen molar-refractivity contribution in [2.24, 2.45) is 7.05 Å². The van der Waals surface area contributed by atoms with Gasteiger partial charge in [-0.2, -0.15) is 10.1 Å². The Bertz CT molecular complexity index is 1200. The highest BCUT2D eigenvalue weighted by molar-refractivity contribution is 6.35. The summed E-state index contributed by atoms with van der Waals surface area (Å²) in [4.78, 5) is 9.09. The largest absolute Gasteiger partial charge is 0.475 e. The zero-order valence-electron chi connectivity index (χ0n) is 15.8. The Balaban J connectivity index is 1.65. The number of anilines is 2. The number of nitrogens with zero attached hydrogens (tertiary/aromatic N) is 7. The molecule has 5 heterocycles. The summed E-state index contributed by atoms with van der Waals surface area (Å²) in [6, 6.07) is 1.98. The fourth-order valence-corrected chi connectivity index (χ4v) is 3.76. The highest BCUT2D eigenvalue weighted by Gasteiger charge is 2.21. The molecule has 2 bridgehead atoms. The van der Waals surface area contributed by atoms with Gasteiger partial charge in [-0.1, -0.05) is 11.6 Å². The number of hydrogen-bond donors (Lipinski definition) is 1. The molecule has 28 heavy (non-hydrogen) atoms. The van der Waals surface area contributed by atoms with E-state index in [1.165, 1.54) is 0 Å². The minimum Gasteiger partial charge on any atom is -0.475 e. The van der Waals surface area contributed by atoms with E-state index >= 15 is 0 Å². The SMILES string of the molecule is Cc1cc(-n2nc3c(c2C)Nc2ncc4c(Cl)cn(c4n2)CCCO3)n(C)n1. The monoisotopic (exact) mass is 398 g/mol. The van der Waals surface area contributed by atoms with Gasteiger partial charge in [0.2, 0.25) is 5.95 Å². The normalized spacial score (nSPS) is 13.9. The molecule has 0 unspecified atom stereocenters. The molecule has 0 fully saturated rings. The van der Waals surface area contributed by atoms with Crippen LogP contribution in [-0.4, -0.2) is 40.7 Å². The summed E-state index contributed by atoms with van der Waals surface area (Å²) in [5.41, 5.74) is 3.35. The lowest BCUT2D eigenvalue weighted by Crippen LogP contribution is -2.07. The van der Waals surface area contributed by atoms with Gasteiger partial charge in [-0.15, -0.1) is 5.10 Å². The second-order valence-corrected chi connectivity index (χ2v) is 7.28. The summed E-state index contributed by atoms with van der Waals surface area (Å²) in [7, 11) is 1.89. The van der Waals surface area contributed by atoms with Crippen molar-refractivity contribution in [3.63, 3.8) is 0 Å². The number of fused-ring (bicyclic) bond motifs is 2. The van der Waals surface area contributed by atoms with Crippen LogP contribution in [0.4, 0.5) is 11.6 Å². The van der Waals surface area contributed by atoms with Crippen LogP contribution in [0.25, 0.3) is 16.9 Å². The van der Waals surface area contributed by atoms with Gasteiger partial charge in [0.15, 0.2) is 5.82 Å². The summed E-state index contributed by atoms with van der Waals surface area (Å²) in [5.74, 6) is 1.85. The topological polar surface area (TPSA) is 87.6 Å². The molecular formula is C18H19ClN8O.